The number of aromatic amines is 1. The van der Waals surface area contributed by atoms with Gasteiger partial charge in [0.15, 0.2) is 0 Å². The molecule has 0 spiro atoms. The van der Waals surface area contributed by atoms with Crippen LogP contribution in [0.4, 0.5) is 0 Å². The molecule has 0 aromatic carbocycles. The van der Waals surface area contributed by atoms with Crippen molar-refractivity contribution in [2.75, 3.05) is 13.2 Å². The van der Waals surface area contributed by atoms with E-state index in [1.54, 1.807) is 6.92 Å². The summed E-state index contributed by atoms with van der Waals surface area (Å²) in [6, 6.07) is 0. The molecule has 0 radical (unpaired) electrons. The van der Waals surface area contributed by atoms with Gasteiger partial charge in [0.25, 0.3) is 5.91 Å². The molecule has 1 rings (SSSR count). The highest BCUT2D eigenvalue weighted by molar-refractivity contribution is 5.92. The van der Waals surface area contributed by atoms with Crippen LogP contribution in [0.2, 0.25) is 0 Å². The lowest BCUT2D eigenvalue weighted by Gasteiger charge is -1.98. The Bertz CT molecular complexity index is 269. The number of aryl methyl sites for hydroxylation is 1. The SMILES string of the molecule is Cc1ncc(C(=O)NCCO)[nH]1. The number of carbonyl (C=O) groups excluding carboxylic acids is 1. The molecule has 0 aliphatic carbocycles. The summed E-state index contributed by atoms with van der Waals surface area (Å²) in [6.07, 6.45) is 1.46. The molecule has 0 aliphatic heterocycles. The van der Waals surface area contributed by atoms with Crippen LogP contribution in [-0.4, -0.2) is 34.1 Å². The number of nitrogens with one attached hydrogen (secondary N) is 2. The van der Waals surface area contributed by atoms with E-state index in [9.17, 15) is 4.79 Å². The molecule has 1 aromatic rings. The Labute approximate surface area is 69.8 Å². The minimum atomic E-state index is -0.246. The summed E-state index contributed by atoms with van der Waals surface area (Å²) in [5.41, 5.74) is 0.418. The van der Waals surface area contributed by atoms with Crippen molar-refractivity contribution in [3.05, 3.63) is 17.7 Å². The second kappa shape index (κ2) is 3.87. The highest BCUT2D eigenvalue weighted by Crippen LogP contribution is 1.94. The Kier molecular flexibility index (Phi) is 2.82. The molecule has 0 saturated heterocycles. The van der Waals surface area contributed by atoms with Crippen LogP contribution in [0.15, 0.2) is 6.20 Å². The minimum Gasteiger partial charge on any atom is -0.395 e. The molecule has 5 heteroatoms. The Hall–Kier alpha value is -1.36. The number of aliphatic hydroxyl groups excluding tert-OH is 1. The quantitative estimate of drug-likeness (QED) is 0.567. The van der Waals surface area contributed by atoms with Gasteiger partial charge in [-0.1, -0.05) is 0 Å². The van der Waals surface area contributed by atoms with Crippen molar-refractivity contribution in [2.24, 2.45) is 0 Å². The number of rotatable bonds is 3. The highest BCUT2D eigenvalue weighted by atomic mass is 16.3. The first-order valence-corrected chi connectivity index (χ1v) is 3.64. The zero-order valence-corrected chi connectivity index (χ0v) is 6.79. The van der Waals surface area contributed by atoms with Gasteiger partial charge in [-0.2, -0.15) is 0 Å². The second-order valence-corrected chi connectivity index (χ2v) is 2.36. The van der Waals surface area contributed by atoms with Crippen LogP contribution in [0, 0.1) is 6.92 Å². The van der Waals surface area contributed by atoms with Gasteiger partial charge in [0, 0.05) is 6.54 Å². The van der Waals surface area contributed by atoms with E-state index in [2.05, 4.69) is 15.3 Å². The van der Waals surface area contributed by atoms with Gasteiger partial charge in [-0.15, -0.1) is 0 Å². The zero-order chi connectivity index (χ0) is 8.97. The lowest BCUT2D eigenvalue weighted by Crippen LogP contribution is -2.26. The average molecular weight is 169 g/mol. The van der Waals surface area contributed by atoms with Crippen molar-refractivity contribution in [3.8, 4) is 0 Å². The predicted molar refractivity (Wildman–Crippen MR) is 42.7 cm³/mol. The molecule has 1 heterocycles. The maximum Gasteiger partial charge on any atom is 0.269 e. The number of amides is 1. The Morgan fingerprint density at radius 1 is 1.83 bits per heavy atom. The number of aliphatic hydroxyl groups is 1. The largest absolute Gasteiger partial charge is 0.395 e. The summed E-state index contributed by atoms with van der Waals surface area (Å²) in [7, 11) is 0. The third-order valence-electron chi connectivity index (χ3n) is 1.34. The van der Waals surface area contributed by atoms with Crippen molar-refractivity contribution in [1.29, 1.82) is 0 Å². The van der Waals surface area contributed by atoms with Crippen molar-refractivity contribution in [3.63, 3.8) is 0 Å². The lowest BCUT2D eigenvalue weighted by molar-refractivity contribution is 0.0940. The fourth-order valence-electron chi connectivity index (χ4n) is 0.801. The summed E-state index contributed by atoms with van der Waals surface area (Å²) in [5, 5.41) is 10.9. The number of carbonyl (C=O) groups is 1. The Balaban J connectivity index is 2.53. The zero-order valence-electron chi connectivity index (χ0n) is 6.79. The van der Waals surface area contributed by atoms with Crippen LogP contribution < -0.4 is 5.32 Å². The van der Waals surface area contributed by atoms with Gasteiger partial charge in [0.05, 0.1) is 12.8 Å². The number of H-pyrrole nitrogens is 1. The standard InChI is InChI=1S/C7H11N3O2/c1-5-9-4-6(10-5)7(12)8-2-3-11/h4,11H,2-3H2,1H3,(H,8,12)(H,9,10). The van der Waals surface area contributed by atoms with Crippen LogP contribution >= 0.6 is 0 Å². The molecule has 0 saturated carbocycles. The maximum atomic E-state index is 11.1. The highest BCUT2D eigenvalue weighted by Gasteiger charge is 2.05. The van der Waals surface area contributed by atoms with Crippen molar-refractivity contribution in [2.45, 2.75) is 6.92 Å². The van der Waals surface area contributed by atoms with Crippen molar-refractivity contribution >= 4 is 5.91 Å². The maximum absolute atomic E-state index is 11.1. The van der Waals surface area contributed by atoms with Gasteiger partial charge < -0.3 is 15.4 Å². The van der Waals surface area contributed by atoms with E-state index in [1.165, 1.54) is 6.20 Å². The molecule has 0 aliphatic rings. The number of imidazole rings is 1. The van der Waals surface area contributed by atoms with E-state index in [0.717, 1.165) is 0 Å². The van der Waals surface area contributed by atoms with Crippen LogP contribution in [0.1, 0.15) is 16.3 Å². The fourth-order valence-corrected chi connectivity index (χ4v) is 0.801. The first-order chi connectivity index (χ1) is 5.74. The summed E-state index contributed by atoms with van der Waals surface area (Å²) in [6.45, 7) is 1.97. The number of nitrogens with zero attached hydrogens (tertiary/aromatic N) is 1. The van der Waals surface area contributed by atoms with Crippen LogP contribution in [-0.2, 0) is 0 Å². The number of aromatic nitrogens is 2. The summed E-state index contributed by atoms with van der Waals surface area (Å²) >= 11 is 0. The number of hydrogen-bond acceptors (Lipinski definition) is 3. The average Bonchev–Trinajstić information content (AvgIpc) is 2.47. The van der Waals surface area contributed by atoms with Gasteiger partial charge in [-0.3, -0.25) is 4.79 Å². The van der Waals surface area contributed by atoms with E-state index in [-0.39, 0.29) is 19.1 Å². The molecule has 1 aromatic heterocycles. The molecule has 5 nitrogen and oxygen atoms in total. The van der Waals surface area contributed by atoms with Crippen LogP contribution in [0.3, 0.4) is 0 Å². The molecule has 0 unspecified atom stereocenters. The van der Waals surface area contributed by atoms with Crippen LogP contribution in [0.25, 0.3) is 0 Å². The molecule has 12 heavy (non-hydrogen) atoms. The van der Waals surface area contributed by atoms with Crippen molar-refractivity contribution < 1.29 is 9.90 Å². The summed E-state index contributed by atoms with van der Waals surface area (Å²) < 4.78 is 0. The topological polar surface area (TPSA) is 78.0 Å². The summed E-state index contributed by atoms with van der Waals surface area (Å²) in [4.78, 5) is 17.8. The van der Waals surface area contributed by atoms with Gasteiger partial charge in [-0.05, 0) is 6.92 Å². The first-order valence-electron chi connectivity index (χ1n) is 3.64. The van der Waals surface area contributed by atoms with Gasteiger partial charge in [0.2, 0.25) is 0 Å². The molecule has 66 valence electrons. The Morgan fingerprint density at radius 3 is 3.08 bits per heavy atom. The Morgan fingerprint density at radius 2 is 2.58 bits per heavy atom. The number of hydrogen-bond donors (Lipinski definition) is 3. The predicted octanol–water partition coefficient (Wildman–Crippen LogP) is -0.560. The smallest absolute Gasteiger partial charge is 0.269 e. The molecule has 0 atom stereocenters. The van der Waals surface area contributed by atoms with Gasteiger partial charge in [0.1, 0.15) is 11.5 Å². The second-order valence-electron chi connectivity index (χ2n) is 2.36. The van der Waals surface area contributed by atoms with E-state index in [4.69, 9.17) is 5.11 Å². The van der Waals surface area contributed by atoms with E-state index < -0.39 is 0 Å². The third kappa shape index (κ3) is 2.06. The van der Waals surface area contributed by atoms with E-state index in [1.807, 2.05) is 0 Å². The van der Waals surface area contributed by atoms with Crippen LogP contribution in [0.5, 0.6) is 0 Å². The monoisotopic (exact) mass is 169 g/mol. The van der Waals surface area contributed by atoms with E-state index in [0.29, 0.717) is 11.5 Å². The summed E-state index contributed by atoms with van der Waals surface area (Å²) in [5.74, 6) is 0.453. The third-order valence-corrected chi connectivity index (χ3v) is 1.34. The van der Waals surface area contributed by atoms with Crippen molar-refractivity contribution in [1.82, 2.24) is 15.3 Å². The molecular weight excluding hydrogens is 158 g/mol. The van der Waals surface area contributed by atoms with Gasteiger partial charge >= 0.3 is 0 Å². The molecule has 0 fully saturated rings. The normalized spacial score (nSPS) is 9.83. The van der Waals surface area contributed by atoms with Gasteiger partial charge in [-0.25, -0.2) is 4.98 Å². The lowest BCUT2D eigenvalue weighted by atomic mass is 10.4. The molecule has 3 N–H and O–H groups in total. The molecule has 1 amide bonds. The van der Waals surface area contributed by atoms with E-state index >= 15 is 0 Å². The fraction of sp³-hybridized carbons (Fsp3) is 0.429. The first kappa shape index (κ1) is 8.73. The minimum absolute atomic E-state index is 0.0567. The molecule has 0 bridgehead atoms. The molecular formula is C7H11N3O2.